The third-order valence-corrected chi connectivity index (χ3v) is 2.05. The molecular weight excluding hydrogens is 196 g/mol. The molecule has 2 N–H and O–H groups in total. The zero-order valence-corrected chi connectivity index (χ0v) is 8.93. The van der Waals surface area contributed by atoms with Gasteiger partial charge in [-0.2, -0.15) is 0 Å². The molecule has 0 amide bonds. The summed E-state index contributed by atoms with van der Waals surface area (Å²) in [7, 11) is 0. The molecular formula is C12H15F2N. The minimum atomic E-state index is -0.535. The van der Waals surface area contributed by atoms with Gasteiger partial charge in [-0.05, 0) is 32.4 Å². The van der Waals surface area contributed by atoms with Crippen molar-refractivity contribution in [3.8, 4) is 0 Å². The number of hydrogen-bond donors (Lipinski definition) is 1. The Balaban J connectivity index is 2.85. The topological polar surface area (TPSA) is 26.0 Å². The third-order valence-electron chi connectivity index (χ3n) is 2.05. The molecule has 3 heteroatoms. The van der Waals surface area contributed by atoms with E-state index in [0.717, 1.165) is 5.57 Å². The molecule has 0 fully saturated rings. The first-order chi connectivity index (χ1) is 7.00. The molecule has 1 unspecified atom stereocenters. The van der Waals surface area contributed by atoms with Crippen molar-refractivity contribution in [2.75, 3.05) is 0 Å². The van der Waals surface area contributed by atoms with E-state index in [1.807, 2.05) is 13.8 Å². The summed E-state index contributed by atoms with van der Waals surface area (Å²) in [5.74, 6) is -1.07. The molecule has 1 aromatic carbocycles. The second kappa shape index (κ2) is 5.03. The Morgan fingerprint density at radius 1 is 1.33 bits per heavy atom. The number of benzene rings is 1. The van der Waals surface area contributed by atoms with Gasteiger partial charge in [0.05, 0.1) is 0 Å². The number of rotatable bonds is 3. The Labute approximate surface area is 88.6 Å². The van der Waals surface area contributed by atoms with Crippen LogP contribution in [-0.2, 0) is 6.42 Å². The van der Waals surface area contributed by atoms with Crippen molar-refractivity contribution in [1.29, 1.82) is 0 Å². The van der Waals surface area contributed by atoms with Gasteiger partial charge in [0.2, 0.25) is 0 Å². The van der Waals surface area contributed by atoms with E-state index in [4.69, 9.17) is 5.73 Å². The summed E-state index contributed by atoms with van der Waals surface area (Å²) >= 11 is 0. The van der Waals surface area contributed by atoms with Crippen LogP contribution in [0, 0.1) is 11.6 Å². The lowest BCUT2D eigenvalue weighted by Crippen LogP contribution is -2.21. The first kappa shape index (κ1) is 11.9. The fourth-order valence-electron chi connectivity index (χ4n) is 1.45. The van der Waals surface area contributed by atoms with Gasteiger partial charge in [0.25, 0.3) is 0 Å². The highest BCUT2D eigenvalue weighted by Crippen LogP contribution is 2.14. The van der Waals surface area contributed by atoms with Crippen molar-refractivity contribution in [2.45, 2.75) is 26.3 Å². The summed E-state index contributed by atoms with van der Waals surface area (Å²) in [6.45, 7) is 3.80. The van der Waals surface area contributed by atoms with E-state index in [2.05, 4.69) is 0 Å². The number of hydrogen-bond acceptors (Lipinski definition) is 1. The van der Waals surface area contributed by atoms with Crippen LogP contribution in [0.4, 0.5) is 8.78 Å². The molecule has 82 valence electrons. The largest absolute Gasteiger partial charge is 0.324 e. The van der Waals surface area contributed by atoms with Crippen LogP contribution < -0.4 is 5.73 Å². The van der Waals surface area contributed by atoms with E-state index < -0.39 is 11.6 Å². The second-order valence-corrected chi connectivity index (χ2v) is 3.81. The fraction of sp³-hybridized carbons (Fsp3) is 0.333. The van der Waals surface area contributed by atoms with Crippen LogP contribution in [0.5, 0.6) is 0 Å². The zero-order valence-electron chi connectivity index (χ0n) is 8.93. The molecule has 0 spiro atoms. The SMILES string of the molecule is CC(C)=CC(N)Cc1c(F)cccc1F. The van der Waals surface area contributed by atoms with Crippen molar-refractivity contribution in [1.82, 2.24) is 0 Å². The van der Waals surface area contributed by atoms with Gasteiger partial charge in [0.15, 0.2) is 0 Å². The van der Waals surface area contributed by atoms with Crippen LogP contribution in [-0.4, -0.2) is 6.04 Å². The Hall–Kier alpha value is -1.22. The van der Waals surface area contributed by atoms with E-state index in [-0.39, 0.29) is 18.0 Å². The molecule has 0 saturated heterocycles. The molecule has 1 aromatic rings. The molecule has 1 nitrogen and oxygen atoms in total. The Bertz CT molecular complexity index is 348. The van der Waals surface area contributed by atoms with Crippen molar-refractivity contribution in [2.24, 2.45) is 5.73 Å². The lowest BCUT2D eigenvalue weighted by Gasteiger charge is -2.09. The molecule has 0 aromatic heterocycles. The molecule has 0 bridgehead atoms. The average Bonchev–Trinajstić information content (AvgIpc) is 2.10. The summed E-state index contributed by atoms with van der Waals surface area (Å²) in [5.41, 5.74) is 6.83. The Morgan fingerprint density at radius 2 is 1.87 bits per heavy atom. The van der Waals surface area contributed by atoms with Crippen molar-refractivity contribution < 1.29 is 8.78 Å². The normalized spacial score (nSPS) is 12.3. The summed E-state index contributed by atoms with van der Waals surface area (Å²) in [6.07, 6.45) is 1.98. The maximum absolute atomic E-state index is 13.2. The van der Waals surface area contributed by atoms with Gasteiger partial charge in [-0.1, -0.05) is 17.7 Å². The average molecular weight is 211 g/mol. The van der Waals surface area contributed by atoms with Crippen molar-refractivity contribution in [3.05, 3.63) is 47.0 Å². The predicted molar refractivity (Wildman–Crippen MR) is 57.5 cm³/mol. The number of halogens is 2. The van der Waals surface area contributed by atoms with Gasteiger partial charge in [-0.25, -0.2) is 8.78 Å². The van der Waals surface area contributed by atoms with Gasteiger partial charge in [0.1, 0.15) is 11.6 Å². The maximum atomic E-state index is 13.2. The quantitative estimate of drug-likeness (QED) is 0.764. The second-order valence-electron chi connectivity index (χ2n) is 3.81. The van der Waals surface area contributed by atoms with Crippen LogP contribution in [0.25, 0.3) is 0 Å². The highest BCUT2D eigenvalue weighted by molar-refractivity contribution is 5.22. The molecule has 0 aliphatic carbocycles. The Morgan fingerprint density at radius 3 is 2.33 bits per heavy atom. The molecule has 1 rings (SSSR count). The lowest BCUT2D eigenvalue weighted by molar-refractivity contribution is 0.548. The minimum Gasteiger partial charge on any atom is -0.324 e. The highest BCUT2D eigenvalue weighted by atomic mass is 19.1. The molecule has 0 aliphatic heterocycles. The van der Waals surface area contributed by atoms with E-state index in [1.165, 1.54) is 18.2 Å². The standard InChI is InChI=1S/C12H15F2N/c1-8(2)6-9(15)7-10-11(13)4-3-5-12(10)14/h3-6,9H,7,15H2,1-2H3. The minimum absolute atomic E-state index is 0.0579. The summed E-state index contributed by atoms with van der Waals surface area (Å²) in [4.78, 5) is 0. The molecule has 0 saturated carbocycles. The van der Waals surface area contributed by atoms with E-state index in [1.54, 1.807) is 6.08 Å². The zero-order chi connectivity index (χ0) is 11.4. The summed E-state index contributed by atoms with van der Waals surface area (Å²) in [5, 5.41) is 0. The van der Waals surface area contributed by atoms with Crippen LogP contribution >= 0.6 is 0 Å². The molecule has 0 heterocycles. The highest BCUT2D eigenvalue weighted by Gasteiger charge is 2.10. The van der Waals surface area contributed by atoms with Crippen molar-refractivity contribution in [3.63, 3.8) is 0 Å². The Kier molecular flexibility index (Phi) is 3.97. The number of allylic oxidation sites excluding steroid dienone is 1. The van der Waals surface area contributed by atoms with Crippen LogP contribution in [0.3, 0.4) is 0 Å². The fourth-order valence-corrected chi connectivity index (χ4v) is 1.45. The van der Waals surface area contributed by atoms with Crippen LogP contribution in [0.15, 0.2) is 29.8 Å². The van der Waals surface area contributed by atoms with Crippen molar-refractivity contribution >= 4 is 0 Å². The van der Waals surface area contributed by atoms with E-state index in [9.17, 15) is 8.78 Å². The summed E-state index contributed by atoms with van der Waals surface area (Å²) in [6, 6.07) is 3.49. The van der Waals surface area contributed by atoms with Gasteiger partial charge in [-0.15, -0.1) is 0 Å². The van der Waals surface area contributed by atoms with Crippen LogP contribution in [0.2, 0.25) is 0 Å². The van der Waals surface area contributed by atoms with E-state index >= 15 is 0 Å². The first-order valence-electron chi connectivity index (χ1n) is 4.84. The smallest absolute Gasteiger partial charge is 0.129 e. The number of nitrogens with two attached hydrogens (primary N) is 1. The lowest BCUT2D eigenvalue weighted by atomic mass is 10.0. The van der Waals surface area contributed by atoms with E-state index in [0.29, 0.717) is 0 Å². The van der Waals surface area contributed by atoms with Gasteiger partial charge in [-0.3, -0.25) is 0 Å². The molecule has 0 aliphatic rings. The molecule has 0 radical (unpaired) electrons. The first-order valence-corrected chi connectivity index (χ1v) is 4.84. The third kappa shape index (κ3) is 3.44. The van der Waals surface area contributed by atoms with Gasteiger partial charge in [0, 0.05) is 11.6 Å². The molecule has 15 heavy (non-hydrogen) atoms. The van der Waals surface area contributed by atoms with Gasteiger partial charge < -0.3 is 5.73 Å². The monoisotopic (exact) mass is 211 g/mol. The maximum Gasteiger partial charge on any atom is 0.129 e. The molecule has 1 atom stereocenters. The summed E-state index contributed by atoms with van der Waals surface area (Å²) < 4.78 is 26.5. The predicted octanol–water partition coefficient (Wildman–Crippen LogP) is 2.80. The van der Waals surface area contributed by atoms with Gasteiger partial charge >= 0.3 is 0 Å². The van der Waals surface area contributed by atoms with Crippen LogP contribution in [0.1, 0.15) is 19.4 Å².